The Morgan fingerprint density at radius 1 is 1.00 bits per heavy atom. The maximum absolute atomic E-state index is 5.11. The highest BCUT2D eigenvalue weighted by Gasteiger charge is 2.22. The Morgan fingerprint density at radius 2 is 1.85 bits per heavy atom. The van der Waals surface area contributed by atoms with Gasteiger partial charge in [0, 0.05) is 29.9 Å². The number of rotatable bonds is 8. The molecular weight excluding hydrogens is 508 g/mol. The van der Waals surface area contributed by atoms with Gasteiger partial charge in [0.05, 0.1) is 15.9 Å². The van der Waals surface area contributed by atoms with Gasteiger partial charge in [0.15, 0.2) is 5.13 Å². The number of thiazole rings is 1. The molecule has 0 unspecified atom stereocenters. The minimum Gasteiger partial charge on any atom is -0.352 e. The minimum atomic E-state index is 0.778. The topological polar surface area (TPSA) is 41.1 Å². The molecule has 0 amide bonds. The van der Waals surface area contributed by atoms with Gasteiger partial charge in [-0.1, -0.05) is 86.4 Å². The second-order valence-electron chi connectivity index (χ2n) is 10.4. The molecule has 0 bridgehead atoms. The Hall–Kier alpha value is -4.22. The van der Waals surface area contributed by atoms with E-state index in [0.29, 0.717) is 0 Å². The van der Waals surface area contributed by atoms with Crippen LogP contribution < -0.4 is 10.2 Å². The van der Waals surface area contributed by atoms with Gasteiger partial charge in [0.25, 0.3) is 0 Å². The predicted octanol–water partition coefficient (Wildman–Crippen LogP) is 8.91. The van der Waals surface area contributed by atoms with Gasteiger partial charge in [-0.2, -0.15) is 0 Å². The lowest BCUT2D eigenvalue weighted by Crippen LogP contribution is -2.32. The summed E-state index contributed by atoms with van der Waals surface area (Å²) in [7, 11) is 0. The number of para-hydroxylation sites is 1. The molecule has 0 saturated heterocycles. The molecule has 5 heteroatoms. The SMILES string of the molecule is C=Cc1nc(N2CCc3cccc(C(=C)Nc4nc5ccccc5s4)c3C2)ccc1-c1cccc(CCC)c1C. The first kappa shape index (κ1) is 26.0. The highest BCUT2D eigenvalue weighted by Crippen LogP contribution is 2.34. The standard InChI is InChI=1S/C35H34N4S/c1-5-11-25-12-9-14-27(23(25)3)29-18-19-34(37-31(29)6-2)39-21-20-26-13-10-15-28(30(26)22-39)24(4)36-35-38-32-16-7-8-17-33(32)40-35/h6-10,12-19H,2,4-5,11,20-22H2,1,3H3,(H,36,38). The molecule has 3 heterocycles. The van der Waals surface area contributed by atoms with Crippen molar-refractivity contribution in [1.29, 1.82) is 0 Å². The Bertz CT molecular complexity index is 1700. The number of aryl methyl sites for hydroxylation is 1. The monoisotopic (exact) mass is 542 g/mol. The zero-order valence-corrected chi connectivity index (χ0v) is 24.0. The van der Waals surface area contributed by atoms with Crippen molar-refractivity contribution in [3.05, 3.63) is 119 Å². The van der Waals surface area contributed by atoms with Crippen LogP contribution in [-0.4, -0.2) is 16.5 Å². The van der Waals surface area contributed by atoms with E-state index in [9.17, 15) is 0 Å². The minimum absolute atomic E-state index is 0.778. The number of benzene rings is 3. The summed E-state index contributed by atoms with van der Waals surface area (Å²) in [6.45, 7) is 14.7. The Morgan fingerprint density at radius 3 is 2.67 bits per heavy atom. The predicted molar refractivity (Wildman–Crippen MR) is 172 cm³/mol. The number of fused-ring (bicyclic) bond motifs is 2. The van der Waals surface area contributed by atoms with Gasteiger partial charge >= 0.3 is 0 Å². The maximum Gasteiger partial charge on any atom is 0.188 e. The summed E-state index contributed by atoms with van der Waals surface area (Å²) in [4.78, 5) is 12.2. The van der Waals surface area contributed by atoms with E-state index < -0.39 is 0 Å². The number of hydrogen-bond acceptors (Lipinski definition) is 5. The van der Waals surface area contributed by atoms with Crippen LogP contribution in [0.5, 0.6) is 0 Å². The normalized spacial score (nSPS) is 12.8. The molecule has 1 N–H and O–H groups in total. The molecule has 40 heavy (non-hydrogen) atoms. The van der Waals surface area contributed by atoms with Gasteiger partial charge in [0.2, 0.25) is 0 Å². The molecule has 3 aromatic carbocycles. The van der Waals surface area contributed by atoms with Crippen LogP contribution in [0.4, 0.5) is 10.9 Å². The lowest BCUT2D eigenvalue weighted by Gasteiger charge is -2.32. The van der Waals surface area contributed by atoms with Crippen LogP contribution in [0.2, 0.25) is 0 Å². The molecule has 1 aliphatic rings. The molecule has 0 fully saturated rings. The van der Waals surface area contributed by atoms with Crippen molar-refractivity contribution in [3.8, 4) is 11.1 Å². The third-order valence-corrected chi connectivity index (χ3v) is 8.78. The molecule has 1 aliphatic heterocycles. The van der Waals surface area contributed by atoms with Crippen molar-refractivity contribution in [1.82, 2.24) is 9.97 Å². The fraction of sp³-hybridized carbons (Fsp3) is 0.200. The van der Waals surface area contributed by atoms with E-state index >= 15 is 0 Å². The maximum atomic E-state index is 5.11. The third-order valence-electron chi connectivity index (χ3n) is 7.83. The Kier molecular flexibility index (Phi) is 7.23. The van der Waals surface area contributed by atoms with Gasteiger partial charge in [-0.15, -0.1) is 0 Å². The molecule has 0 saturated carbocycles. The summed E-state index contributed by atoms with van der Waals surface area (Å²) in [6.07, 6.45) is 5.07. The summed E-state index contributed by atoms with van der Waals surface area (Å²) in [6, 6.07) is 25.7. The number of nitrogens with zero attached hydrogens (tertiary/aromatic N) is 3. The summed E-state index contributed by atoms with van der Waals surface area (Å²) in [5.41, 5.74) is 11.7. The van der Waals surface area contributed by atoms with Gasteiger partial charge in [-0.3, -0.25) is 0 Å². The molecule has 200 valence electrons. The smallest absolute Gasteiger partial charge is 0.188 e. The quantitative estimate of drug-likeness (QED) is 0.213. The number of nitrogens with one attached hydrogen (secondary N) is 1. The van der Waals surface area contributed by atoms with E-state index in [4.69, 9.17) is 9.97 Å². The van der Waals surface area contributed by atoms with Crippen LogP contribution in [0.25, 0.3) is 33.1 Å². The van der Waals surface area contributed by atoms with E-state index in [1.807, 2.05) is 24.3 Å². The Balaban J connectivity index is 1.28. The van der Waals surface area contributed by atoms with Crippen molar-refractivity contribution < 1.29 is 0 Å². The molecule has 5 aromatic rings. The number of pyridine rings is 1. The van der Waals surface area contributed by atoms with Crippen LogP contribution in [-0.2, 0) is 19.4 Å². The van der Waals surface area contributed by atoms with Gasteiger partial charge in [0.1, 0.15) is 5.82 Å². The van der Waals surface area contributed by atoms with Gasteiger partial charge in [-0.05, 0) is 77.9 Å². The van der Waals surface area contributed by atoms with E-state index in [2.05, 4.69) is 91.8 Å². The van der Waals surface area contributed by atoms with Crippen molar-refractivity contribution >= 4 is 44.3 Å². The summed E-state index contributed by atoms with van der Waals surface area (Å²) < 4.78 is 1.17. The molecular formula is C35H34N4S. The molecule has 6 rings (SSSR count). The second-order valence-corrected chi connectivity index (χ2v) is 11.4. The lowest BCUT2D eigenvalue weighted by molar-refractivity contribution is 0.719. The van der Waals surface area contributed by atoms with Crippen LogP contribution >= 0.6 is 11.3 Å². The molecule has 0 spiro atoms. The number of hydrogen-bond donors (Lipinski definition) is 1. The van der Waals surface area contributed by atoms with Crippen LogP contribution in [0.15, 0.2) is 86.0 Å². The average Bonchev–Trinajstić information content (AvgIpc) is 3.40. The third kappa shape index (κ3) is 4.93. The zero-order chi connectivity index (χ0) is 27.6. The lowest BCUT2D eigenvalue weighted by atomic mass is 9.92. The van der Waals surface area contributed by atoms with Crippen LogP contribution in [0.1, 0.15) is 46.9 Å². The highest BCUT2D eigenvalue weighted by molar-refractivity contribution is 7.22. The number of anilines is 2. The highest BCUT2D eigenvalue weighted by atomic mass is 32.1. The van der Waals surface area contributed by atoms with E-state index in [1.54, 1.807) is 11.3 Å². The zero-order valence-electron chi connectivity index (χ0n) is 23.2. The molecule has 2 aromatic heterocycles. The fourth-order valence-corrected chi connectivity index (χ4v) is 6.61. The summed E-state index contributed by atoms with van der Waals surface area (Å²) in [5.74, 6) is 0.978. The van der Waals surface area contributed by atoms with Crippen LogP contribution in [0, 0.1) is 6.92 Å². The van der Waals surface area contributed by atoms with E-state index in [1.165, 1.54) is 32.5 Å². The molecule has 4 nitrogen and oxygen atoms in total. The Labute approximate surface area is 240 Å². The summed E-state index contributed by atoms with van der Waals surface area (Å²) >= 11 is 1.65. The van der Waals surface area contributed by atoms with Crippen molar-refractivity contribution in [2.24, 2.45) is 0 Å². The molecule has 0 radical (unpaired) electrons. The van der Waals surface area contributed by atoms with E-state index in [0.717, 1.165) is 71.3 Å². The van der Waals surface area contributed by atoms with Crippen molar-refractivity contribution in [2.75, 3.05) is 16.8 Å². The fourth-order valence-electron chi connectivity index (χ4n) is 5.72. The van der Waals surface area contributed by atoms with Crippen LogP contribution in [0.3, 0.4) is 0 Å². The van der Waals surface area contributed by atoms with Crippen molar-refractivity contribution in [3.63, 3.8) is 0 Å². The first-order chi connectivity index (χ1) is 19.6. The molecule has 0 atom stereocenters. The first-order valence-electron chi connectivity index (χ1n) is 14.0. The van der Waals surface area contributed by atoms with Crippen molar-refractivity contribution in [2.45, 2.75) is 39.7 Å². The number of aromatic nitrogens is 2. The molecule has 0 aliphatic carbocycles. The summed E-state index contributed by atoms with van der Waals surface area (Å²) in [5, 5.41) is 4.34. The average molecular weight is 543 g/mol. The van der Waals surface area contributed by atoms with Gasteiger partial charge in [-0.25, -0.2) is 9.97 Å². The van der Waals surface area contributed by atoms with E-state index in [-0.39, 0.29) is 0 Å². The second kappa shape index (κ2) is 11.1. The first-order valence-corrected chi connectivity index (χ1v) is 14.8. The largest absolute Gasteiger partial charge is 0.352 e. The van der Waals surface area contributed by atoms with Gasteiger partial charge < -0.3 is 10.2 Å².